The number of piperidine rings is 1. The number of hydrogen-bond donors (Lipinski definition) is 1. The van der Waals surface area contributed by atoms with Gasteiger partial charge in [0, 0.05) is 25.2 Å². The van der Waals surface area contributed by atoms with Crippen molar-refractivity contribution in [3.05, 3.63) is 0 Å². The van der Waals surface area contributed by atoms with Crippen molar-refractivity contribution in [3.8, 4) is 0 Å². The molecule has 4 atom stereocenters. The van der Waals surface area contributed by atoms with E-state index in [0.29, 0.717) is 12.1 Å². The standard InChI is InChI=1S/C16H32N2O/c1-4-8-18-9-5-6-15(11-18)13(2)17-14(3)16-7-10-19-12-16/h13-17H,4-12H2,1-3H3. The monoisotopic (exact) mass is 268 g/mol. The molecule has 1 N–H and O–H groups in total. The van der Waals surface area contributed by atoms with Crippen LogP contribution in [0.4, 0.5) is 0 Å². The average Bonchev–Trinajstić information content (AvgIpc) is 2.93. The molecule has 2 fully saturated rings. The molecule has 4 unspecified atom stereocenters. The molecule has 0 amide bonds. The fourth-order valence-electron chi connectivity index (χ4n) is 3.65. The summed E-state index contributed by atoms with van der Waals surface area (Å²) < 4.78 is 5.51. The van der Waals surface area contributed by atoms with Crippen LogP contribution in [0.1, 0.15) is 46.5 Å². The van der Waals surface area contributed by atoms with E-state index in [1.54, 1.807) is 0 Å². The highest BCUT2D eigenvalue weighted by molar-refractivity contribution is 4.84. The molecule has 3 heteroatoms. The van der Waals surface area contributed by atoms with Crippen molar-refractivity contribution < 1.29 is 4.74 Å². The van der Waals surface area contributed by atoms with E-state index in [2.05, 4.69) is 31.0 Å². The normalized spacial score (nSPS) is 32.4. The minimum absolute atomic E-state index is 0.596. The van der Waals surface area contributed by atoms with Gasteiger partial charge < -0.3 is 15.0 Å². The summed E-state index contributed by atoms with van der Waals surface area (Å²) in [6.07, 6.45) is 5.28. The van der Waals surface area contributed by atoms with E-state index < -0.39 is 0 Å². The summed E-state index contributed by atoms with van der Waals surface area (Å²) in [6.45, 7) is 12.8. The predicted octanol–water partition coefficient (Wildman–Crippen LogP) is 2.51. The van der Waals surface area contributed by atoms with E-state index in [9.17, 15) is 0 Å². The Morgan fingerprint density at radius 2 is 2.00 bits per heavy atom. The molecule has 0 aliphatic carbocycles. The van der Waals surface area contributed by atoms with Crippen LogP contribution in [-0.4, -0.2) is 49.8 Å². The molecular formula is C16H32N2O. The molecule has 19 heavy (non-hydrogen) atoms. The van der Waals surface area contributed by atoms with Crippen molar-refractivity contribution in [2.24, 2.45) is 11.8 Å². The SMILES string of the molecule is CCCN1CCCC(C(C)NC(C)C2CCOC2)C1. The lowest BCUT2D eigenvalue weighted by Gasteiger charge is -2.37. The highest BCUT2D eigenvalue weighted by atomic mass is 16.5. The first-order valence-corrected chi connectivity index (χ1v) is 8.26. The zero-order valence-electron chi connectivity index (χ0n) is 13.0. The third-order valence-corrected chi connectivity index (χ3v) is 4.99. The minimum Gasteiger partial charge on any atom is -0.381 e. The first-order valence-electron chi connectivity index (χ1n) is 8.26. The topological polar surface area (TPSA) is 24.5 Å². The van der Waals surface area contributed by atoms with Gasteiger partial charge in [-0.05, 0) is 64.5 Å². The van der Waals surface area contributed by atoms with Crippen molar-refractivity contribution in [3.63, 3.8) is 0 Å². The van der Waals surface area contributed by atoms with Crippen LogP contribution in [0.15, 0.2) is 0 Å². The van der Waals surface area contributed by atoms with Gasteiger partial charge in [-0.1, -0.05) is 6.92 Å². The molecule has 0 saturated carbocycles. The number of rotatable bonds is 6. The highest BCUT2D eigenvalue weighted by Crippen LogP contribution is 2.22. The van der Waals surface area contributed by atoms with E-state index >= 15 is 0 Å². The molecule has 2 aliphatic heterocycles. The van der Waals surface area contributed by atoms with Gasteiger partial charge in [0.25, 0.3) is 0 Å². The molecule has 2 saturated heterocycles. The van der Waals surface area contributed by atoms with Gasteiger partial charge in [-0.2, -0.15) is 0 Å². The molecule has 0 aromatic carbocycles. The Morgan fingerprint density at radius 3 is 2.68 bits per heavy atom. The largest absolute Gasteiger partial charge is 0.381 e. The van der Waals surface area contributed by atoms with Crippen LogP contribution in [0, 0.1) is 11.8 Å². The Morgan fingerprint density at radius 1 is 1.21 bits per heavy atom. The van der Waals surface area contributed by atoms with Gasteiger partial charge in [0.05, 0.1) is 6.61 Å². The van der Waals surface area contributed by atoms with Crippen molar-refractivity contribution in [2.45, 2.75) is 58.5 Å². The molecule has 0 bridgehead atoms. The third-order valence-electron chi connectivity index (χ3n) is 4.99. The van der Waals surface area contributed by atoms with Crippen LogP contribution in [0.3, 0.4) is 0 Å². The number of hydrogen-bond acceptors (Lipinski definition) is 3. The third kappa shape index (κ3) is 4.44. The van der Waals surface area contributed by atoms with Gasteiger partial charge in [-0.25, -0.2) is 0 Å². The summed E-state index contributed by atoms with van der Waals surface area (Å²) >= 11 is 0. The molecule has 112 valence electrons. The minimum atomic E-state index is 0.596. The van der Waals surface area contributed by atoms with Gasteiger partial charge in [-0.15, -0.1) is 0 Å². The van der Waals surface area contributed by atoms with Crippen LogP contribution in [0.5, 0.6) is 0 Å². The van der Waals surface area contributed by atoms with E-state index in [1.807, 2.05) is 0 Å². The maximum Gasteiger partial charge on any atom is 0.0509 e. The van der Waals surface area contributed by atoms with Crippen LogP contribution < -0.4 is 5.32 Å². The van der Waals surface area contributed by atoms with Gasteiger partial charge in [0.1, 0.15) is 0 Å². The van der Waals surface area contributed by atoms with Gasteiger partial charge in [-0.3, -0.25) is 0 Å². The summed E-state index contributed by atoms with van der Waals surface area (Å²) in [4.78, 5) is 2.65. The Balaban J connectivity index is 1.76. The van der Waals surface area contributed by atoms with Gasteiger partial charge in [0.15, 0.2) is 0 Å². The molecule has 0 radical (unpaired) electrons. The number of nitrogens with zero attached hydrogens (tertiary/aromatic N) is 1. The molecule has 0 aromatic rings. The van der Waals surface area contributed by atoms with E-state index in [4.69, 9.17) is 4.74 Å². The lowest BCUT2D eigenvalue weighted by Crippen LogP contribution is -2.48. The van der Waals surface area contributed by atoms with Crippen LogP contribution in [0.2, 0.25) is 0 Å². The first kappa shape index (κ1) is 15.3. The molecule has 2 aliphatic rings. The fraction of sp³-hybridized carbons (Fsp3) is 1.00. The Hall–Kier alpha value is -0.120. The number of nitrogens with one attached hydrogen (secondary N) is 1. The second kappa shape index (κ2) is 7.61. The van der Waals surface area contributed by atoms with Crippen LogP contribution >= 0.6 is 0 Å². The predicted molar refractivity (Wildman–Crippen MR) is 80.4 cm³/mol. The van der Waals surface area contributed by atoms with Crippen LogP contribution in [-0.2, 0) is 4.74 Å². The average molecular weight is 268 g/mol. The van der Waals surface area contributed by atoms with Crippen LogP contribution in [0.25, 0.3) is 0 Å². The maximum atomic E-state index is 5.51. The summed E-state index contributed by atoms with van der Waals surface area (Å²) in [5, 5.41) is 3.85. The smallest absolute Gasteiger partial charge is 0.0509 e. The molecule has 2 rings (SSSR count). The summed E-state index contributed by atoms with van der Waals surface area (Å²) in [7, 11) is 0. The Bertz CT molecular complexity index is 251. The van der Waals surface area contributed by atoms with E-state index in [0.717, 1.165) is 25.0 Å². The second-order valence-electron chi connectivity index (χ2n) is 6.57. The quantitative estimate of drug-likeness (QED) is 0.801. The van der Waals surface area contributed by atoms with E-state index in [-0.39, 0.29) is 0 Å². The Labute approximate surface area is 119 Å². The van der Waals surface area contributed by atoms with Gasteiger partial charge >= 0.3 is 0 Å². The first-order chi connectivity index (χ1) is 9.20. The zero-order valence-corrected chi connectivity index (χ0v) is 13.0. The Kier molecular flexibility index (Phi) is 6.11. The molecule has 2 heterocycles. The highest BCUT2D eigenvalue weighted by Gasteiger charge is 2.28. The lowest BCUT2D eigenvalue weighted by atomic mass is 9.90. The number of ether oxygens (including phenoxy) is 1. The van der Waals surface area contributed by atoms with E-state index in [1.165, 1.54) is 45.3 Å². The van der Waals surface area contributed by atoms with Crippen molar-refractivity contribution in [1.82, 2.24) is 10.2 Å². The summed E-state index contributed by atoms with van der Waals surface area (Å²) in [6, 6.07) is 1.23. The zero-order chi connectivity index (χ0) is 13.7. The maximum absolute atomic E-state index is 5.51. The molecule has 0 spiro atoms. The molecule has 0 aromatic heterocycles. The van der Waals surface area contributed by atoms with Crippen molar-refractivity contribution in [2.75, 3.05) is 32.8 Å². The van der Waals surface area contributed by atoms with Gasteiger partial charge in [0.2, 0.25) is 0 Å². The molecule has 3 nitrogen and oxygen atoms in total. The van der Waals surface area contributed by atoms with Crippen molar-refractivity contribution >= 4 is 0 Å². The summed E-state index contributed by atoms with van der Waals surface area (Å²) in [5.74, 6) is 1.54. The summed E-state index contributed by atoms with van der Waals surface area (Å²) in [5.41, 5.74) is 0. The molecular weight excluding hydrogens is 236 g/mol. The fourth-order valence-corrected chi connectivity index (χ4v) is 3.65. The lowest BCUT2D eigenvalue weighted by molar-refractivity contribution is 0.138. The van der Waals surface area contributed by atoms with Crippen molar-refractivity contribution in [1.29, 1.82) is 0 Å². The number of likely N-dealkylation sites (tertiary alicyclic amines) is 1. The second-order valence-corrected chi connectivity index (χ2v) is 6.57.